The maximum absolute atomic E-state index is 12.8. The standard InChI is InChI=1S/C18H26ClNO3/c1-12-8-7-9-13(19)15(12)18(11-6-5-10-14(18)21)20-16(22)23-17(2,3)4/h7-9,12,15H,5-6,10-11H2,1-4H3,(H,20,22)/t12?,15?,18-/m0/s1. The minimum absolute atomic E-state index is 0.0494. The summed E-state index contributed by atoms with van der Waals surface area (Å²) in [6.45, 7) is 7.44. The summed E-state index contributed by atoms with van der Waals surface area (Å²) in [5, 5.41) is 3.52. The van der Waals surface area contributed by atoms with Gasteiger partial charge in [-0.2, -0.15) is 0 Å². The van der Waals surface area contributed by atoms with Gasteiger partial charge in [-0.25, -0.2) is 4.79 Å². The quantitative estimate of drug-likeness (QED) is 0.814. The average Bonchev–Trinajstić information content (AvgIpc) is 2.39. The van der Waals surface area contributed by atoms with Gasteiger partial charge in [0, 0.05) is 17.4 Å². The van der Waals surface area contributed by atoms with Crippen LogP contribution in [-0.4, -0.2) is 23.0 Å². The number of Topliss-reactive ketones (excluding diaryl/α,β-unsaturated/α-hetero) is 1. The van der Waals surface area contributed by atoms with Gasteiger partial charge in [0.2, 0.25) is 0 Å². The lowest BCUT2D eigenvalue weighted by atomic mass is 9.66. The van der Waals surface area contributed by atoms with Gasteiger partial charge in [0.25, 0.3) is 0 Å². The fourth-order valence-electron chi connectivity index (χ4n) is 3.55. The largest absolute Gasteiger partial charge is 0.444 e. The summed E-state index contributed by atoms with van der Waals surface area (Å²) >= 11 is 6.45. The van der Waals surface area contributed by atoms with Crippen LogP contribution in [0, 0.1) is 11.8 Å². The van der Waals surface area contributed by atoms with E-state index in [0.717, 1.165) is 12.8 Å². The molecule has 1 amide bonds. The molecule has 2 unspecified atom stereocenters. The molecule has 128 valence electrons. The number of ketones is 1. The molecule has 23 heavy (non-hydrogen) atoms. The molecule has 4 nitrogen and oxygen atoms in total. The van der Waals surface area contributed by atoms with Crippen LogP contribution < -0.4 is 5.32 Å². The normalized spacial score (nSPS) is 31.5. The predicted octanol–water partition coefficient (Wildman–Crippen LogP) is 4.34. The Morgan fingerprint density at radius 2 is 2.09 bits per heavy atom. The monoisotopic (exact) mass is 339 g/mol. The highest BCUT2D eigenvalue weighted by Crippen LogP contribution is 2.43. The maximum atomic E-state index is 12.8. The summed E-state index contributed by atoms with van der Waals surface area (Å²) in [7, 11) is 0. The molecule has 0 aromatic carbocycles. The topological polar surface area (TPSA) is 55.4 Å². The van der Waals surface area contributed by atoms with E-state index in [1.165, 1.54) is 0 Å². The van der Waals surface area contributed by atoms with E-state index in [-0.39, 0.29) is 17.6 Å². The first-order chi connectivity index (χ1) is 10.7. The molecule has 1 fully saturated rings. The summed E-state index contributed by atoms with van der Waals surface area (Å²) in [6.07, 6.45) is 7.99. The zero-order chi connectivity index (χ0) is 17.3. The number of halogens is 1. The van der Waals surface area contributed by atoms with E-state index in [2.05, 4.69) is 5.32 Å². The zero-order valence-corrected chi connectivity index (χ0v) is 15.1. The van der Waals surface area contributed by atoms with Crippen LogP contribution in [-0.2, 0) is 9.53 Å². The number of carbonyl (C=O) groups is 2. The highest BCUT2D eigenvalue weighted by molar-refractivity contribution is 6.30. The van der Waals surface area contributed by atoms with E-state index in [1.807, 2.05) is 25.2 Å². The summed E-state index contributed by atoms with van der Waals surface area (Å²) in [4.78, 5) is 25.2. The van der Waals surface area contributed by atoms with Crippen LogP contribution in [0.2, 0.25) is 0 Å². The molecular weight excluding hydrogens is 314 g/mol. The lowest BCUT2D eigenvalue weighted by Crippen LogP contribution is -2.62. The number of rotatable bonds is 2. The summed E-state index contributed by atoms with van der Waals surface area (Å²) in [5.41, 5.74) is -1.58. The molecule has 0 radical (unpaired) electrons. The average molecular weight is 340 g/mol. The number of alkyl carbamates (subject to hydrolysis) is 1. The van der Waals surface area contributed by atoms with Crippen molar-refractivity contribution in [2.24, 2.45) is 11.8 Å². The predicted molar refractivity (Wildman–Crippen MR) is 91.3 cm³/mol. The van der Waals surface area contributed by atoms with Crippen molar-refractivity contribution < 1.29 is 14.3 Å². The highest BCUT2D eigenvalue weighted by atomic mass is 35.5. The van der Waals surface area contributed by atoms with Crippen molar-refractivity contribution in [2.45, 2.75) is 64.5 Å². The van der Waals surface area contributed by atoms with Gasteiger partial charge in [0.05, 0.1) is 0 Å². The third kappa shape index (κ3) is 3.97. The second-order valence-corrected chi connectivity index (χ2v) is 7.94. The van der Waals surface area contributed by atoms with Crippen molar-refractivity contribution in [1.29, 1.82) is 0 Å². The Labute approximate surface area is 143 Å². The third-order valence-electron chi connectivity index (χ3n) is 4.47. The molecule has 0 aliphatic heterocycles. The summed E-state index contributed by atoms with van der Waals surface area (Å²) < 4.78 is 5.39. The lowest BCUT2D eigenvalue weighted by molar-refractivity contribution is -0.130. The van der Waals surface area contributed by atoms with E-state index >= 15 is 0 Å². The Morgan fingerprint density at radius 1 is 1.39 bits per heavy atom. The Morgan fingerprint density at radius 3 is 2.65 bits per heavy atom. The molecule has 0 aromatic rings. The molecule has 0 bridgehead atoms. The number of allylic oxidation sites excluding steroid dienone is 3. The molecule has 3 atom stereocenters. The van der Waals surface area contributed by atoms with Crippen molar-refractivity contribution in [1.82, 2.24) is 5.32 Å². The molecule has 5 heteroatoms. The number of carbonyl (C=O) groups excluding carboxylic acids is 2. The number of hydrogen-bond donors (Lipinski definition) is 1. The second-order valence-electron chi connectivity index (χ2n) is 7.50. The van der Waals surface area contributed by atoms with E-state index in [1.54, 1.807) is 20.8 Å². The lowest BCUT2D eigenvalue weighted by Gasteiger charge is -2.45. The minimum atomic E-state index is -0.974. The van der Waals surface area contributed by atoms with Gasteiger partial charge in [0.15, 0.2) is 5.78 Å². The van der Waals surface area contributed by atoms with Crippen LogP contribution in [0.5, 0.6) is 0 Å². The number of amides is 1. The Balaban J connectivity index is 2.33. The van der Waals surface area contributed by atoms with Crippen molar-refractivity contribution in [3.8, 4) is 0 Å². The van der Waals surface area contributed by atoms with Crippen LogP contribution in [0.1, 0.15) is 53.4 Å². The molecule has 0 spiro atoms. The van der Waals surface area contributed by atoms with Crippen LogP contribution in [0.4, 0.5) is 4.79 Å². The Bertz CT molecular complexity index is 547. The van der Waals surface area contributed by atoms with E-state index < -0.39 is 17.2 Å². The molecule has 0 saturated heterocycles. The molecule has 0 aromatic heterocycles. The van der Waals surface area contributed by atoms with Gasteiger partial charge < -0.3 is 10.1 Å². The zero-order valence-electron chi connectivity index (χ0n) is 14.3. The number of nitrogens with one attached hydrogen (secondary N) is 1. The second kappa shape index (κ2) is 6.68. The van der Waals surface area contributed by atoms with Gasteiger partial charge in [0.1, 0.15) is 11.1 Å². The summed E-state index contributed by atoms with van der Waals surface area (Å²) in [6, 6.07) is 0. The SMILES string of the molecule is CC1C=CC=C(Cl)C1[C@]1(NC(=O)OC(C)(C)C)CCCCC1=O. The molecule has 2 aliphatic rings. The third-order valence-corrected chi connectivity index (χ3v) is 4.83. The van der Waals surface area contributed by atoms with Gasteiger partial charge in [-0.15, -0.1) is 0 Å². The number of hydrogen-bond acceptors (Lipinski definition) is 3. The van der Waals surface area contributed by atoms with Crippen LogP contribution in [0.25, 0.3) is 0 Å². The Kier molecular flexibility index (Phi) is 5.24. The smallest absolute Gasteiger partial charge is 0.408 e. The van der Waals surface area contributed by atoms with Gasteiger partial charge in [-0.3, -0.25) is 4.79 Å². The first-order valence-corrected chi connectivity index (χ1v) is 8.62. The van der Waals surface area contributed by atoms with Crippen molar-refractivity contribution in [3.05, 3.63) is 23.3 Å². The summed E-state index contributed by atoms with van der Waals surface area (Å²) in [5.74, 6) is -0.118. The first-order valence-electron chi connectivity index (χ1n) is 8.24. The van der Waals surface area contributed by atoms with Gasteiger partial charge in [-0.05, 0) is 45.6 Å². The molecule has 1 N–H and O–H groups in total. The van der Waals surface area contributed by atoms with Crippen LogP contribution >= 0.6 is 11.6 Å². The number of ether oxygens (including phenoxy) is 1. The van der Waals surface area contributed by atoms with Crippen molar-refractivity contribution >= 4 is 23.5 Å². The fourth-order valence-corrected chi connectivity index (χ4v) is 4.01. The molecule has 0 heterocycles. The first kappa shape index (κ1) is 18.1. The molecule has 1 saturated carbocycles. The molecule has 2 aliphatic carbocycles. The molecule has 2 rings (SSSR count). The van der Waals surface area contributed by atoms with E-state index in [9.17, 15) is 9.59 Å². The van der Waals surface area contributed by atoms with Crippen molar-refractivity contribution in [2.75, 3.05) is 0 Å². The Hall–Kier alpha value is -1.29. The van der Waals surface area contributed by atoms with E-state index in [4.69, 9.17) is 16.3 Å². The van der Waals surface area contributed by atoms with Crippen molar-refractivity contribution in [3.63, 3.8) is 0 Å². The van der Waals surface area contributed by atoms with Gasteiger partial charge >= 0.3 is 6.09 Å². The highest BCUT2D eigenvalue weighted by Gasteiger charge is 2.51. The van der Waals surface area contributed by atoms with Crippen LogP contribution in [0.3, 0.4) is 0 Å². The van der Waals surface area contributed by atoms with Crippen LogP contribution in [0.15, 0.2) is 23.3 Å². The minimum Gasteiger partial charge on any atom is -0.444 e. The maximum Gasteiger partial charge on any atom is 0.408 e. The van der Waals surface area contributed by atoms with Gasteiger partial charge in [-0.1, -0.05) is 37.1 Å². The fraction of sp³-hybridized carbons (Fsp3) is 0.667. The van der Waals surface area contributed by atoms with E-state index in [0.29, 0.717) is 17.9 Å². The molecular formula is C18H26ClNO3.